The zero-order valence-electron chi connectivity index (χ0n) is 9.55. The molecule has 0 saturated carbocycles. The minimum absolute atomic E-state index is 0.168. The molecule has 3 nitrogen and oxygen atoms in total. The summed E-state index contributed by atoms with van der Waals surface area (Å²) in [7, 11) is 0. The summed E-state index contributed by atoms with van der Waals surface area (Å²) in [6.45, 7) is 11.9. The van der Waals surface area contributed by atoms with Gasteiger partial charge in [-0.3, -0.25) is 0 Å². The van der Waals surface area contributed by atoms with Crippen LogP contribution in [0.4, 0.5) is 0 Å². The van der Waals surface area contributed by atoms with Gasteiger partial charge in [-0.1, -0.05) is 0 Å². The van der Waals surface area contributed by atoms with E-state index < -0.39 is 0 Å². The first-order chi connectivity index (χ1) is 6.38. The van der Waals surface area contributed by atoms with E-state index in [2.05, 4.69) is 11.5 Å². The molecule has 1 atom stereocenters. The van der Waals surface area contributed by atoms with Crippen LogP contribution in [0, 0.1) is 0 Å². The van der Waals surface area contributed by atoms with Gasteiger partial charge >= 0.3 is 0 Å². The molecule has 82 valence electrons. The van der Waals surface area contributed by atoms with Gasteiger partial charge in [0.05, 0.1) is 0 Å². The smallest absolute Gasteiger partial charge is 0.182 e. The summed E-state index contributed by atoms with van der Waals surface area (Å²) in [5.41, 5.74) is 5.72. The van der Waals surface area contributed by atoms with Crippen molar-refractivity contribution in [2.45, 2.75) is 45.3 Å². The minimum atomic E-state index is -0.168. The molecule has 2 N–H and O–H groups in total. The predicted octanol–water partition coefficient (Wildman–Crippen LogP) is 1.70. The summed E-state index contributed by atoms with van der Waals surface area (Å²) < 4.78 is 5.70. The molecule has 1 aliphatic heterocycles. The Labute approximate surface area is 86.9 Å². The molecule has 0 bridgehead atoms. The largest absolute Gasteiger partial charge is 0.474 e. The molecule has 0 aromatic carbocycles. The molecule has 0 aromatic heterocycles. The highest BCUT2D eigenvalue weighted by atomic mass is 16.5. The molecule has 0 aromatic rings. The van der Waals surface area contributed by atoms with E-state index >= 15 is 0 Å². The fourth-order valence-corrected chi connectivity index (χ4v) is 1.65. The second-order valence-electron chi connectivity index (χ2n) is 4.96. The monoisotopic (exact) mass is 198 g/mol. The summed E-state index contributed by atoms with van der Waals surface area (Å²) in [6, 6.07) is 0.268. The third-order valence-corrected chi connectivity index (χ3v) is 2.23. The lowest BCUT2D eigenvalue weighted by atomic mass is 10.1. The Kier molecular flexibility index (Phi) is 3.43. The van der Waals surface area contributed by atoms with Gasteiger partial charge < -0.3 is 15.4 Å². The average molecular weight is 198 g/mol. The number of hydrogen-bond donors (Lipinski definition) is 1. The van der Waals surface area contributed by atoms with Gasteiger partial charge in [0, 0.05) is 19.1 Å². The van der Waals surface area contributed by atoms with E-state index in [9.17, 15) is 0 Å². The van der Waals surface area contributed by atoms with Crippen molar-refractivity contribution in [1.82, 2.24) is 4.90 Å². The highest BCUT2D eigenvalue weighted by molar-refractivity contribution is 4.90. The third kappa shape index (κ3) is 3.58. The van der Waals surface area contributed by atoms with Crippen LogP contribution in [0.5, 0.6) is 0 Å². The van der Waals surface area contributed by atoms with Gasteiger partial charge in [-0.25, -0.2) is 0 Å². The molecule has 1 rings (SSSR count). The van der Waals surface area contributed by atoms with Crippen molar-refractivity contribution in [3.63, 3.8) is 0 Å². The van der Waals surface area contributed by atoms with Crippen LogP contribution < -0.4 is 5.73 Å². The number of hydrogen-bond acceptors (Lipinski definition) is 3. The average Bonchev–Trinajstić information content (AvgIpc) is 2.01. The summed E-state index contributed by atoms with van der Waals surface area (Å²) >= 11 is 0. The van der Waals surface area contributed by atoms with Crippen LogP contribution in [-0.2, 0) is 4.74 Å². The first kappa shape index (κ1) is 11.4. The zero-order chi connectivity index (χ0) is 10.8. The van der Waals surface area contributed by atoms with E-state index in [4.69, 9.17) is 10.5 Å². The Morgan fingerprint density at radius 3 is 2.64 bits per heavy atom. The Hall–Kier alpha value is -0.700. The summed E-state index contributed by atoms with van der Waals surface area (Å²) in [5, 5.41) is 0. The highest BCUT2D eigenvalue weighted by Gasteiger charge is 2.21. The number of likely N-dealkylation sites (tertiary alicyclic amines) is 1. The van der Waals surface area contributed by atoms with Gasteiger partial charge in [0.25, 0.3) is 0 Å². The van der Waals surface area contributed by atoms with Gasteiger partial charge in [-0.05, 0) is 40.2 Å². The number of ether oxygens (including phenoxy) is 1. The van der Waals surface area contributed by atoms with E-state index in [1.165, 1.54) is 0 Å². The fourth-order valence-electron chi connectivity index (χ4n) is 1.65. The van der Waals surface area contributed by atoms with Crippen molar-refractivity contribution >= 4 is 0 Å². The van der Waals surface area contributed by atoms with Crippen LogP contribution in [0.25, 0.3) is 0 Å². The first-order valence-corrected chi connectivity index (χ1v) is 5.27. The molecular weight excluding hydrogens is 176 g/mol. The van der Waals surface area contributed by atoms with E-state index in [1.54, 1.807) is 0 Å². The molecule has 0 radical (unpaired) electrons. The van der Waals surface area contributed by atoms with E-state index in [0.29, 0.717) is 0 Å². The Morgan fingerprint density at radius 1 is 1.50 bits per heavy atom. The topological polar surface area (TPSA) is 38.5 Å². The van der Waals surface area contributed by atoms with E-state index in [1.807, 2.05) is 20.8 Å². The lowest BCUT2D eigenvalue weighted by Gasteiger charge is -2.36. The highest BCUT2D eigenvalue weighted by Crippen LogP contribution is 2.19. The lowest BCUT2D eigenvalue weighted by molar-refractivity contribution is -0.00345. The van der Waals surface area contributed by atoms with Crippen molar-refractivity contribution in [1.29, 1.82) is 0 Å². The maximum atomic E-state index is 5.89. The molecular formula is C11H22N2O. The van der Waals surface area contributed by atoms with Crippen molar-refractivity contribution in [2.24, 2.45) is 5.73 Å². The van der Waals surface area contributed by atoms with Crippen LogP contribution in [-0.4, -0.2) is 29.6 Å². The molecule has 0 amide bonds. The number of nitrogens with two attached hydrogens (primary N) is 1. The van der Waals surface area contributed by atoms with Gasteiger partial charge in [-0.2, -0.15) is 0 Å². The number of piperidine rings is 1. The van der Waals surface area contributed by atoms with Gasteiger partial charge in [0.2, 0.25) is 0 Å². The molecule has 14 heavy (non-hydrogen) atoms. The Morgan fingerprint density at radius 2 is 2.14 bits per heavy atom. The van der Waals surface area contributed by atoms with Crippen LogP contribution in [0.1, 0.15) is 33.6 Å². The molecule has 3 heteroatoms. The minimum Gasteiger partial charge on any atom is -0.474 e. The third-order valence-electron chi connectivity index (χ3n) is 2.23. The van der Waals surface area contributed by atoms with Crippen LogP contribution in [0.15, 0.2) is 12.5 Å². The molecule has 1 saturated heterocycles. The normalized spacial score (nSPS) is 23.4. The lowest BCUT2D eigenvalue weighted by Crippen LogP contribution is -2.43. The van der Waals surface area contributed by atoms with Gasteiger partial charge in [-0.15, -0.1) is 0 Å². The number of nitrogens with zero attached hydrogens (tertiary/aromatic N) is 1. The van der Waals surface area contributed by atoms with E-state index in [0.717, 1.165) is 31.8 Å². The standard InChI is InChI=1S/C11H22N2O/c1-9(14-11(2,3)4)13-7-5-6-10(12)8-13/h10H,1,5-8,12H2,2-4H3. The summed E-state index contributed by atoms with van der Waals surface area (Å²) in [6.07, 6.45) is 2.24. The van der Waals surface area contributed by atoms with Crippen LogP contribution in [0.2, 0.25) is 0 Å². The molecule has 0 spiro atoms. The molecule has 1 fully saturated rings. The predicted molar refractivity (Wildman–Crippen MR) is 58.8 cm³/mol. The SMILES string of the molecule is C=C(OC(C)(C)C)N1CCCC(N)C1. The zero-order valence-corrected chi connectivity index (χ0v) is 9.55. The quantitative estimate of drug-likeness (QED) is 0.686. The molecule has 0 aliphatic carbocycles. The van der Waals surface area contributed by atoms with Crippen molar-refractivity contribution in [2.75, 3.05) is 13.1 Å². The van der Waals surface area contributed by atoms with Crippen molar-refractivity contribution in [3.8, 4) is 0 Å². The van der Waals surface area contributed by atoms with Crippen LogP contribution >= 0.6 is 0 Å². The Balaban J connectivity index is 2.44. The van der Waals surface area contributed by atoms with Gasteiger partial charge in [0.15, 0.2) is 5.88 Å². The fraction of sp³-hybridized carbons (Fsp3) is 0.818. The summed E-state index contributed by atoms with van der Waals surface area (Å²) in [4.78, 5) is 2.14. The van der Waals surface area contributed by atoms with Gasteiger partial charge in [0.1, 0.15) is 5.60 Å². The second-order valence-corrected chi connectivity index (χ2v) is 4.96. The summed E-state index contributed by atoms with van der Waals surface area (Å²) in [5.74, 6) is 0.757. The molecule has 1 unspecified atom stereocenters. The van der Waals surface area contributed by atoms with E-state index in [-0.39, 0.29) is 11.6 Å². The second kappa shape index (κ2) is 4.22. The maximum Gasteiger partial charge on any atom is 0.182 e. The number of rotatable bonds is 2. The first-order valence-electron chi connectivity index (χ1n) is 5.27. The maximum absolute atomic E-state index is 5.89. The molecule has 1 heterocycles. The molecule has 1 aliphatic rings. The van der Waals surface area contributed by atoms with Crippen molar-refractivity contribution in [3.05, 3.63) is 12.5 Å². The van der Waals surface area contributed by atoms with Crippen molar-refractivity contribution < 1.29 is 4.74 Å². The Bertz CT molecular complexity index is 208. The van der Waals surface area contributed by atoms with Crippen LogP contribution in [0.3, 0.4) is 0 Å².